The van der Waals surface area contributed by atoms with Crippen LogP contribution in [0.25, 0.3) is 10.8 Å². The summed E-state index contributed by atoms with van der Waals surface area (Å²) in [6.45, 7) is 6.34. The van der Waals surface area contributed by atoms with Crippen molar-refractivity contribution in [3.8, 4) is 6.07 Å². The van der Waals surface area contributed by atoms with E-state index in [9.17, 15) is 5.26 Å². The first-order chi connectivity index (χ1) is 11.4. The van der Waals surface area contributed by atoms with Crippen LogP contribution in [-0.2, 0) is 10.0 Å². The monoisotopic (exact) mass is 331 g/mol. The Labute approximate surface area is 144 Å². The lowest BCUT2D eigenvalue weighted by molar-refractivity contribution is 0.164. The van der Waals surface area contributed by atoms with E-state index in [1.807, 2.05) is 48.5 Å². The van der Waals surface area contributed by atoms with Gasteiger partial charge in [-0.05, 0) is 36.5 Å². The Morgan fingerprint density at radius 1 is 0.792 bits per heavy atom. The molecule has 0 amide bonds. The molecule has 1 unspecified atom stereocenters. The van der Waals surface area contributed by atoms with Crippen LogP contribution >= 0.6 is 0 Å². The van der Waals surface area contributed by atoms with E-state index in [4.69, 9.17) is 4.43 Å². The fourth-order valence-corrected chi connectivity index (χ4v) is 4.18. The number of nitrogens with zero attached hydrogens (tertiary/aromatic N) is 1. The fraction of sp³-hybridized carbons (Fsp3) is 0.190. The molecule has 0 spiro atoms. The van der Waals surface area contributed by atoms with Gasteiger partial charge in [0.05, 0.1) is 0 Å². The van der Waals surface area contributed by atoms with Gasteiger partial charge >= 0.3 is 0 Å². The molecule has 0 heterocycles. The van der Waals surface area contributed by atoms with Crippen LogP contribution in [-0.4, -0.2) is 8.32 Å². The lowest BCUT2D eigenvalue weighted by atomic mass is 9.86. The average molecular weight is 331 g/mol. The van der Waals surface area contributed by atoms with Gasteiger partial charge in [0.1, 0.15) is 6.07 Å². The van der Waals surface area contributed by atoms with Crippen molar-refractivity contribution in [3.05, 3.63) is 83.9 Å². The zero-order valence-electron chi connectivity index (χ0n) is 14.3. The number of benzene rings is 3. The Morgan fingerprint density at radius 2 is 1.42 bits per heavy atom. The van der Waals surface area contributed by atoms with Gasteiger partial charge in [0.2, 0.25) is 0 Å². The molecule has 0 saturated carbocycles. The molecule has 0 radical (unpaired) electrons. The highest BCUT2D eigenvalue weighted by molar-refractivity contribution is 6.69. The maximum atomic E-state index is 10.2. The van der Waals surface area contributed by atoms with E-state index < -0.39 is 13.9 Å². The Balaban J connectivity index is 2.25. The summed E-state index contributed by atoms with van der Waals surface area (Å²) >= 11 is 0. The Hall–Kier alpha value is -2.41. The van der Waals surface area contributed by atoms with Crippen molar-refractivity contribution in [1.29, 1.82) is 5.26 Å². The average Bonchev–Trinajstić information content (AvgIpc) is 2.59. The summed E-state index contributed by atoms with van der Waals surface area (Å²) in [4.78, 5) is 0. The molecule has 0 aliphatic carbocycles. The lowest BCUT2D eigenvalue weighted by Crippen LogP contribution is -2.40. The molecule has 3 rings (SSSR count). The molecule has 0 fully saturated rings. The molecule has 0 N–H and O–H groups in total. The highest BCUT2D eigenvalue weighted by Crippen LogP contribution is 2.37. The molecular formula is C21H21NOSi. The first-order valence-electron chi connectivity index (χ1n) is 8.11. The summed E-state index contributed by atoms with van der Waals surface area (Å²) in [5.41, 5.74) is 0.693. The van der Waals surface area contributed by atoms with Crippen molar-refractivity contribution in [3.63, 3.8) is 0 Å². The van der Waals surface area contributed by atoms with Crippen molar-refractivity contribution in [2.75, 3.05) is 0 Å². The fourth-order valence-electron chi connectivity index (χ4n) is 2.98. The van der Waals surface area contributed by atoms with Gasteiger partial charge in [-0.15, -0.1) is 0 Å². The van der Waals surface area contributed by atoms with E-state index in [1.165, 1.54) is 0 Å². The van der Waals surface area contributed by atoms with Gasteiger partial charge in [-0.3, -0.25) is 0 Å². The summed E-state index contributed by atoms with van der Waals surface area (Å²) in [7, 11) is -1.97. The molecule has 3 aromatic rings. The van der Waals surface area contributed by atoms with Gasteiger partial charge in [-0.1, -0.05) is 66.7 Å². The van der Waals surface area contributed by atoms with Crippen molar-refractivity contribution in [2.24, 2.45) is 0 Å². The van der Waals surface area contributed by atoms with Crippen molar-refractivity contribution in [1.82, 2.24) is 0 Å². The summed E-state index contributed by atoms with van der Waals surface area (Å²) in [6, 6.07) is 26.6. The standard InChI is InChI=1S/C21H21NOSi/c1-24(2,3)23-21(16-22,19-11-5-4-6-12-19)20-14-13-17-9-7-8-10-18(17)15-20/h4-15H,1-3H3. The molecule has 120 valence electrons. The van der Waals surface area contributed by atoms with Crippen LogP contribution in [0.3, 0.4) is 0 Å². The summed E-state index contributed by atoms with van der Waals surface area (Å²) < 4.78 is 6.47. The third-order valence-electron chi connectivity index (χ3n) is 3.95. The second-order valence-electron chi connectivity index (χ2n) is 6.94. The molecule has 24 heavy (non-hydrogen) atoms. The van der Waals surface area contributed by atoms with Crippen LogP contribution in [0.15, 0.2) is 72.8 Å². The third-order valence-corrected chi connectivity index (χ3v) is 4.87. The molecule has 1 atom stereocenters. The Bertz CT molecular complexity index is 893. The number of hydrogen-bond acceptors (Lipinski definition) is 2. The zero-order valence-corrected chi connectivity index (χ0v) is 15.3. The summed E-state index contributed by atoms with van der Waals surface area (Å²) in [6.07, 6.45) is 0. The van der Waals surface area contributed by atoms with E-state index in [0.29, 0.717) is 0 Å². The van der Waals surface area contributed by atoms with Gasteiger partial charge < -0.3 is 4.43 Å². The van der Waals surface area contributed by atoms with E-state index in [2.05, 4.69) is 50.0 Å². The highest BCUT2D eigenvalue weighted by atomic mass is 28.4. The van der Waals surface area contributed by atoms with E-state index in [-0.39, 0.29) is 0 Å². The second kappa shape index (κ2) is 6.24. The predicted octanol–water partition coefficient (Wildman–Crippen LogP) is 5.46. The van der Waals surface area contributed by atoms with E-state index in [1.54, 1.807) is 0 Å². The topological polar surface area (TPSA) is 33.0 Å². The summed E-state index contributed by atoms with van der Waals surface area (Å²) in [5.74, 6) is 0. The molecular weight excluding hydrogens is 310 g/mol. The van der Waals surface area contributed by atoms with Crippen LogP contribution in [0.1, 0.15) is 11.1 Å². The second-order valence-corrected chi connectivity index (χ2v) is 11.4. The molecule has 0 bridgehead atoms. The van der Waals surface area contributed by atoms with E-state index >= 15 is 0 Å². The van der Waals surface area contributed by atoms with Crippen molar-refractivity contribution in [2.45, 2.75) is 25.2 Å². The minimum absolute atomic E-state index is 0.880. The van der Waals surface area contributed by atoms with E-state index in [0.717, 1.165) is 21.9 Å². The van der Waals surface area contributed by atoms with Crippen LogP contribution in [0.2, 0.25) is 19.6 Å². The quantitative estimate of drug-likeness (QED) is 0.595. The highest BCUT2D eigenvalue weighted by Gasteiger charge is 2.40. The number of nitriles is 1. The van der Waals surface area contributed by atoms with Gasteiger partial charge in [0, 0.05) is 11.1 Å². The molecule has 3 aromatic carbocycles. The maximum absolute atomic E-state index is 10.2. The smallest absolute Gasteiger partial charge is 0.196 e. The van der Waals surface area contributed by atoms with Gasteiger partial charge in [0.25, 0.3) is 0 Å². The SMILES string of the molecule is C[Si](C)(C)OC(C#N)(c1ccccc1)c1ccc2ccccc2c1. The van der Waals surface area contributed by atoms with Gasteiger partial charge in [-0.2, -0.15) is 5.26 Å². The molecule has 3 heteroatoms. The van der Waals surface area contributed by atoms with Crippen LogP contribution < -0.4 is 0 Å². The summed E-state index contributed by atoms with van der Waals surface area (Å²) in [5, 5.41) is 12.4. The maximum Gasteiger partial charge on any atom is 0.196 e. The number of fused-ring (bicyclic) bond motifs is 1. The molecule has 2 nitrogen and oxygen atoms in total. The van der Waals surface area contributed by atoms with Crippen molar-refractivity contribution >= 4 is 19.1 Å². The molecule has 0 aromatic heterocycles. The zero-order chi connectivity index (χ0) is 17.2. The van der Waals surface area contributed by atoms with Gasteiger partial charge in [0.15, 0.2) is 13.9 Å². The Kier molecular flexibility index (Phi) is 4.27. The largest absolute Gasteiger partial charge is 0.393 e. The first-order valence-corrected chi connectivity index (χ1v) is 11.5. The molecule has 0 aliphatic rings. The normalized spacial score (nSPS) is 14.1. The third kappa shape index (κ3) is 3.12. The minimum atomic E-state index is -1.97. The minimum Gasteiger partial charge on any atom is -0.393 e. The van der Waals surface area contributed by atoms with Crippen molar-refractivity contribution < 1.29 is 4.43 Å². The predicted molar refractivity (Wildman–Crippen MR) is 101 cm³/mol. The lowest BCUT2D eigenvalue weighted by Gasteiger charge is -2.34. The first kappa shape index (κ1) is 16.4. The van der Waals surface area contributed by atoms with Crippen LogP contribution in [0, 0.1) is 11.3 Å². The number of hydrogen-bond donors (Lipinski definition) is 0. The van der Waals surface area contributed by atoms with Crippen LogP contribution in [0.5, 0.6) is 0 Å². The van der Waals surface area contributed by atoms with Crippen LogP contribution in [0.4, 0.5) is 0 Å². The van der Waals surface area contributed by atoms with Gasteiger partial charge in [-0.25, -0.2) is 0 Å². The molecule has 0 aliphatic heterocycles. The molecule has 0 saturated heterocycles. The number of rotatable bonds is 4. The Morgan fingerprint density at radius 3 is 2.04 bits per heavy atom.